The zero-order chi connectivity index (χ0) is 10.3. The molecule has 0 radical (unpaired) electrons. The Morgan fingerprint density at radius 1 is 1.33 bits per heavy atom. The maximum Gasteiger partial charge on any atom is 0.0643 e. The monoisotopic (exact) mass is 203 g/mol. The minimum atomic E-state index is 0.564. The van der Waals surface area contributed by atoms with Crippen LogP contribution in [0.5, 0.6) is 0 Å². The van der Waals surface area contributed by atoms with E-state index in [0.29, 0.717) is 12.1 Å². The third-order valence-electron chi connectivity index (χ3n) is 3.45. The molecule has 0 amide bonds. The first-order valence-corrected chi connectivity index (χ1v) is 5.76. The van der Waals surface area contributed by atoms with Crippen molar-refractivity contribution in [1.29, 1.82) is 0 Å². The lowest BCUT2D eigenvalue weighted by molar-refractivity contribution is -0.0100. The van der Waals surface area contributed by atoms with Gasteiger partial charge in [0.25, 0.3) is 0 Å². The standard InChI is InChI=1S/C13H17NO/c1-9-2-3-10-4-5-13(12(10)6-9)14-11-7-15-8-11/h2-3,6,11,13-14H,4-5,7-8H2,1H3. The molecule has 1 aromatic rings. The highest BCUT2D eigenvalue weighted by Gasteiger charge is 2.27. The van der Waals surface area contributed by atoms with Crippen molar-refractivity contribution >= 4 is 0 Å². The van der Waals surface area contributed by atoms with Crippen molar-refractivity contribution in [3.05, 3.63) is 34.9 Å². The predicted molar refractivity (Wildman–Crippen MR) is 60.0 cm³/mol. The highest BCUT2D eigenvalue weighted by Crippen LogP contribution is 2.32. The van der Waals surface area contributed by atoms with Crippen LogP contribution in [0.3, 0.4) is 0 Å². The molecule has 1 saturated heterocycles. The van der Waals surface area contributed by atoms with Crippen molar-refractivity contribution in [2.24, 2.45) is 0 Å². The second kappa shape index (κ2) is 3.62. The van der Waals surface area contributed by atoms with E-state index in [1.54, 1.807) is 0 Å². The van der Waals surface area contributed by atoms with Crippen LogP contribution in [0.15, 0.2) is 18.2 Å². The minimum absolute atomic E-state index is 0.564. The minimum Gasteiger partial charge on any atom is -0.378 e. The molecular formula is C13H17NO. The van der Waals surface area contributed by atoms with Gasteiger partial charge in [0.05, 0.1) is 19.3 Å². The van der Waals surface area contributed by atoms with Gasteiger partial charge in [-0.2, -0.15) is 0 Å². The van der Waals surface area contributed by atoms with Crippen LogP contribution in [-0.4, -0.2) is 19.3 Å². The van der Waals surface area contributed by atoms with Gasteiger partial charge in [-0.15, -0.1) is 0 Å². The molecule has 1 heterocycles. The SMILES string of the molecule is Cc1ccc2c(c1)C(NC1COC1)CC2. The van der Waals surface area contributed by atoms with Crippen molar-refractivity contribution < 1.29 is 4.74 Å². The van der Waals surface area contributed by atoms with Gasteiger partial charge in [0.15, 0.2) is 0 Å². The highest BCUT2D eigenvalue weighted by atomic mass is 16.5. The Kier molecular flexibility index (Phi) is 2.26. The lowest BCUT2D eigenvalue weighted by Gasteiger charge is -2.30. The number of benzene rings is 1. The molecule has 1 atom stereocenters. The molecule has 15 heavy (non-hydrogen) atoms. The molecule has 2 nitrogen and oxygen atoms in total. The van der Waals surface area contributed by atoms with Crippen molar-refractivity contribution in [3.8, 4) is 0 Å². The number of nitrogens with one attached hydrogen (secondary N) is 1. The van der Waals surface area contributed by atoms with Crippen molar-refractivity contribution in [3.63, 3.8) is 0 Å². The van der Waals surface area contributed by atoms with E-state index in [-0.39, 0.29) is 0 Å². The van der Waals surface area contributed by atoms with Crippen LogP contribution < -0.4 is 5.32 Å². The summed E-state index contributed by atoms with van der Waals surface area (Å²) >= 11 is 0. The summed E-state index contributed by atoms with van der Waals surface area (Å²) in [5.41, 5.74) is 4.41. The van der Waals surface area contributed by atoms with Crippen molar-refractivity contribution in [2.45, 2.75) is 31.8 Å². The summed E-state index contributed by atoms with van der Waals surface area (Å²) in [4.78, 5) is 0. The number of aryl methyl sites for hydroxylation is 2. The zero-order valence-corrected chi connectivity index (χ0v) is 9.12. The van der Waals surface area contributed by atoms with Gasteiger partial charge in [-0.25, -0.2) is 0 Å². The molecule has 0 bridgehead atoms. The smallest absolute Gasteiger partial charge is 0.0643 e. The van der Waals surface area contributed by atoms with E-state index >= 15 is 0 Å². The highest BCUT2D eigenvalue weighted by molar-refractivity contribution is 5.37. The molecule has 80 valence electrons. The molecule has 1 fully saturated rings. The molecule has 1 aromatic carbocycles. The van der Waals surface area contributed by atoms with E-state index in [4.69, 9.17) is 4.74 Å². The van der Waals surface area contributed by atoms with Crippen LogP contribution in [0.2, 0.25) is 0 Å². The normalized spacial score (nSPS) is 25.0. The fourth-order valence-corrected chi connectivity index (χ4v) is 2.51. The van der Waals surface area contributed by atoms with Crippen molar-refractivity contribution in [2.75, 3.05) is 13.2 Å². The van der Waals surface area contributed by atoms with E-state index in [2.05, 4.69) is 30.4 Å². The fourth-order valence-electron chi connectivity index (χ4n) is 2.51. The van der Waals surface area contributed by atoms with Crippen LogP contribution >= 0.6 is 0 Å². The van der Waals surface area contributed by atoms with Gasteiger partial charge in [-0.1, -0.05) is 23.8 Å². The topological polar surface area (TPSA) is 21.3 Å². The molecule has 2 heteroatoms. The largest absolute Gasteiger partial charge is 0.378 e. The summed E-state index contributed by atoms with van der Waals surface area (Å²) in [6.45, 7) is 3.94. The summed E-state index contributed by atoms with van der Waals surface area (Å²) in [6.07, 6.45) is 2.47. The Labute approximate surface area is 90.6 Å². The van der Waals surface area contributed by atoms with Gasteiger partial charge < -0.3 is 10.1 Å². The third kappa shape index (κ3) is 1.68. The molecule has 0 saturated carbocycles. The molecule has 1 aliphatic carbocycles. The first-order valence-electron chi connectivity index (χ1n) is 5.76. The summed E-state index contributed by atoms with van der Waals surface area (Å²) in [7, 11) is 0. The average molecular weight is 203 g/mol. The second-order valence-electron chi connectivity index (χ2n) is 4.69. The van der Waals surface area contributed by atoms with Gasteiger partial charge in [0.2, 0.25) is 0 Å². The van der Waals surface area contributed by atoms with Crippen LogP contribution in [0.1, 0.15) is 29.2 Å². The van der Waals surface area contributed by atoms with Gasteiger partial charge in [-0.05, 0) is 30.9 Å². The Bertz CT molecular complexity index is 371. The molecule has 1 aliphatic heterocycles. The Morgan fingerprint density at radius 2 is 2.20 bits per heavy atom. The molecular weight excluding hydrogens is 186 g/mol. The number of hydrogen-bond donors (Lipinski definition) is 1. The lowest BCUT2D eigenvalue weighted by Crippen LogP contribution is -2.47. The van der Waals surface area contributed by atoms with E-state index in [9.17, 15) is 0 Å². The number of rotatable bonds is 2. The maximum atomic E-state index is 5.19. The van der Waals surface area contributed by atoms with Gasteiger partial charge >= 0.3 is 0 Å². The van der Waals surface area contributed by atoms with Gasteiger partial charge in [-0.3, -0.25) is 0 Å². The molecule has 2 aliphatic rings. The van der Waals surface area contributed by atoms with Gasteiger partial charge in [0.1, 0.15) is 0 Å². The molecule has 1 unspecified atom stereocenters. The molecule has 0 aromatic heterocycles. The first kappa shape index (κ1) is 9.37. The predicted octanol–water partition coefficient (Wildman–Crippen LogP) is 1.97. The van der Waals surface area contributed by atoms with Crippen LogP contribution in [0.4, 0.5) is 0 Å². The second-order valence-corrected chi connectivity index (χ2v) is 4.69. The van der Waals surface area contributed by atoms with Crippen molar-refractivity contribution in [1.82, 2.24) is 5.32 Å². The number of hydrogen-bond acceptors (Lipinski definition) is 2. The fraction of sp³-hybridized carbons (Fsp3) is 0.538. The first-order chi connectivity index (χ1) is 7.33. The maximum absolute atomic E-state index is 5.19. The summed E-state index contributed by atoms with van der Waals surface area (Å²) < 4.78 is 5.19. The quantitative estimate of drug-likeness (QED) is 0.793. The summed E-state index contributed by atoms with van der Waals surface area (Å²) in [6, 6.07) is 7.98. The van der Waals surface area contributed by atoms with E-state index in [1.165, 1.54) is 29.5 Å². The Morgan fingerprint density at radius 3 is 2.93 bits per heavy atom. The number of fused-ring (bicyclic) bond motifs is 1. The van der Waals surface area contributed by atoms with Gasteiger partial charge in [0, 0.05) is 6.04 Å². The van der Waals surface area contributed by atoms with Crippen LogP contribution in [-0.2, 0) is 11.2 Å². The van der Waals surface area contributed by atoms with E-state index in [1.807, 2.05) is 0 Å². The molecule has 1 N–H and O–H groups in total. The van der Waals surface area contributed by atoms with E-state index in [0.717, 1.165) is 13.2 Å². The van der Waals surface area contributed by atoms with Crippen LogP contribution in [0, 0.1) is 6.92 Å². The summed E-state index contributed by atoms with van der Waals surface area (Å²) in [5.74, 6) is 0. The zero-order valence-electron chi connectivity index (χ0n) is 9.12. The average Bonchev–Trinajstić information content (AvgIpc) is 2.54. The van der Waals surface area contributed by atoms with E-state index < -0.39 is 0 Å². The third-order valence-corrected chi connectivity index (χ3v) is 3.45. The molecule has 0 spiro atoms. The Balaban J connectivity index is 1.80. The number of ether oxygens (including phenoxy) is 1. The van der Waals surface area contributed by atoms with Crippen LogP contribution in [0.25, 0.3) is 0 Å². The lowest BCUT2D eigenvalue weighted by atomic mass is 10.0. The molecule has 3 rings (SSSR count). The Hall–Kier alpha value is -0.860. The summed E-state index contributed by atoms with van der Waals surface area (Å²) in [5, 5.41) is 3.67.